The van der Waals surface area contributed by atoms with Gasteiger partial charge in [0.15, 0.2) is 0 Å². The lowest BCUT2D eigenvalue weighted by molar-refractivity contribution is 0.589. The topological polar surface area (TPSA) is 12.0 Å². The van der Waals surface area contributed by atoms with Gasteiger partial charge in [0, 0.05) is 12.6 Å². The highest BCUT2D eigenvalue weighted by molar-refractivity contribution is 5.67. The van der Waals surface area contributed by atoms with Crippen LogP contribution in [0.4, 0.5) is 0 Å². The maximum atomic E-state index is 3.44. The Labute approximate surface area is 116 Å². The molecule has 2 rings (SSSR count). The molecular weight excluding hydrogens is 230 g/mol. The van der Waals surface area contributed by atoms with Crippen molar-refractivity contribution in [2.75, 3.05) is 0 Å². The fraction of sp³-hybridized carbons (Fsp3) is 0.333. The SMILES string of the molecule is Cc1ccc(-c2ccc(CNC(C)C)cc2)c(C)c1. The lowest BCUT2D eigenvalue weighted by Crippen LogP contribution is -2.21. The number of rotatable bonds is 4. The molecule has 2 aromatic rings. The van der Waals surface area contributed by atoms with E-state index in [1.165, 1.54) is 27.8 Å². The molecule has 2 aromatic carbocycles. The molecule has 0 aliphatic carbocycles. The fourth-order valence-corrected chi connectivity index (χ4v) is 2.26. The lowest BCUT2D eigenvalue weighted by atomic mass is 9.98. The monoisotopic (exact) mass is 253 g/mol. The first-order valence-corrected chi connectivity index (χ1v) is 6.96. The fourth-order valence-electron chi connectivity index (χ4n) is 2.26. The number of hydrogen-bond donors (Lipinski definition) is 1. The van der Waals surface area contributed by atoms with E-state index in [9.17, 15) is 0 Å². The Morgan fingerprint density at radius 2 is 1.63 bits per heavy atom. The van der Waals surface area contributed by atoms with Crippen molar-refractivity contribution in [2.24, 2.45) is 0 Å². The third-order valence-corrected chi connectivity index (χ3v) is 3.36. The molecule has 0 aromatic heterocycles. The van der Waals surface area contributed by atoms with E-state index < -0.39 is 0 Å². The molecule has 1 N–H and O–H groups in total. The maximum absolute atomic E-state index is 3.44. The molecule has 0 saturated carbocycles. The predicted octanol–water partition coefficient (Wildman–Crippen LogP) is 4.47. The molecule has 0 aliphatic heterocycles. The summed E-state index contributed by atoms with van der Waals surface area (Å²) in [7, 11) is 0. The van der Waals surface area contributed by atoms with E-state index in [1.54, 1.807) is 0 Å². The van der Waals surface area contributed by atoms with Crippen molar-refractivity contribution < 1.29 is 0 Å². The molecule has 0 heterocycles. The van der Waals surface area contributed by atoms with Crippen molar-refractivity contribution in [2.45, 2.75) is 40.3 Å². The molecule has 0 bridgehead atoms. The zero-order chi connectivity index (χ0) is 13.8. The number of nitrogens with one attached hydrogen (secondary N) is 1. The zero-order valence-electron chi connectivity index (χ0n) is 12.3. The summed E-state index contributed by atoms with van der Waals surface area (Å²) in [6.07, 6.45) is 0. The van der Waals surface area contributed by atoms with E-state index in [-0.39, 0.29) is 0 Å². The minimum Gasteiger partial charge on any atom is -0.310 e. The van der Waals surface area contributed by atoms with Crippen LogP contribution in [-0.4, -0.2) is 6.04 Å². The molecule has 19 heavy (non-hydrogen) atoms. The second kappa shape index (κ2) is 6.03. The Kier molecular flexibility index (Phi) is 4.39. The molecule has 0 atom stereocenters. The zero-order valence-corrected chi connectivity index (χ0v) is 12.3. The predicted molar refractivity (Wildman–Crippen MR) is 83.3 cm³/mol. The van der Waals surface area contributed by atoms with Gasteiger partial charge in [-0.05, 0) is 36.1 Å². The van der Waals surface area contributed by atoms with Crippen molar-refractivity contribution in [3.63, 3.8) is 0 Å². The first-order chi connectivity index (χ1) is 9.06. The summed E-state index contributed by atoms with van der Waals surface area (Å²) in [4.78, 5) is 0. The van der Waals surface area contributed by atoms with Gasteiger partial charge < -0.3 is 5.32 Å². The lowest BCUT2D eigenvalue weighted by Gasteiger charge is -2.10. The maximum Gasteiger partial charge on any atom is 0.0207 e. The summed E-state index contributed by atoms with van der Waals surface area (Å²) >= 11 is 0. The van der Waals surface area contributed by atoms with E-state index in [2.05, 4.69) is 75.5 Å². The third-order valence-electron chi connectivity index (χ3n) is 3.36. The third kappa shape index (κ3) is 3.68. The van der Waals surface area contributed by atoms with Gasteiger partial charge in [-0.1, -0.05) is 61.9 Å². The quantitative estimate of drug-likeness (QED) is 0.847. The smallest absolute Gasteiger partial charge is 0.0207 e. The van der Waals surface area contributed by atoms with Gasteiger partial charge in [-0.25, -0.2) is 0 Å². The van der Waals surface area contributed by atoms with Gasteiger partial charge in [0.1, 0.15) is 0 Å². The number of hydrogen-bond acceptors (Lipinski definition) is 1. The first-order valence-electron chi connectivity index (χ1n) is 6.96. The van der Waals surface area contributed by atoms with Crippen LogP contribution in [0.25, 0.3) is 11.1 Å². The van der Waals surface area contributed by atoms with Gasteiger partial charge in [0.2, 0.25) is 0 Å². The van der Waals surface area contributed by atoms with Gasteiger partial charge in [-0.15, -0.1) is 0 Å². The van der Waals surface area contributed by atoms with E-state index in [0.717, 1.165) is 6.54 Å². The minimum atomic E-state index is 0.527. The summed E-state index contributed by atoms with van der Waals surface area (Å²) in [5.41, 5.74) is 6.62. The Balaban J connectivity index is 2.18. The van der Waals surface area contributed by atoms with Crippen LogP contribution in [0.5, 0.6) is 0 Å². The Bertz CT molecular complexity index is 538. The molecule has 0 saturated heterocycles. The molecular formula is C18H23N. The summed E-state index contributed by atoms with van der Waals surface area (Å²) in [5.74, 6) is 0. The number of aryl methyl sites for hydroxylation is 2. The van der Waals surface area contributed by atoms with Crippen molar-refractivity contribution in [1.82, 2.24) is 5.32 Å². The molecule has 0 fully saturated rings. The average molecular weight is 253 g/mol. The van der Waals surface area contributed by atoms with Crippen molar-refractivity contribution >= 4 is 0 Å². The Morgan fingerprint density at radius 1 is 0.947 bits per heavy atom. The molecule has 100 valence electrons. The van der Waals surface area contributed by atoms with Gasteiger partial charge in [-0.3, -0.25) is 0 Å². The largest absolute Gasteiger partial charge is 0.310 e. The van der Waals surface area contributed by atoms with Crippen molar-refractivity contribution in [3.8, 4) is 11.1 Å². The van der Waals surface area contributed by atoms with Crippen LogP contribution in [0.1, 0.15) is 30.5 Å². The molecule has 0 spiro atoms. The second-order valence-electron chi connectivity index (χ2n) is 5.55. The molecule has 1 nitrogen and oxygen atoms in total. The van der Waals surface area contributed by atoms with Crippen LogP contribution in [0.3, 0.4) is 0 Å². The number of benzene rings is 2. The molecule has 0 amide bonds. The van der Waals surface area contributed by atoms with Crippen LogP contribution in [0.2, 0.25) is 0 Å². The van der Waals surface area contributed by atoms with Crippen LogP contribution in [-0.2, 0) is 6.54 Å². The Morgan fingerprint density at radius 3 is 2.21 bits per heavy atom. The summed E-state index contributed by atoms with van der Waals surface area (Å²) in [5, 5.41) is 3.44. The highest BCUT2D eigenvalue weighted by atomic mass is 14.9. The minimum absolute atomic E-state index is 0.527. The molecule has 0 radical (unpaired) electrons. The van der Waals surface area contributed by atoms with Crippen LogP contribution < -0.4 is 5.32 Å². The van der Waals surface area contributed by atoms with Crippen molar-refractivity contribution in [3.05, 3.63) is 59.2 Å². The summed E-state index contributed by atoms with van der Waals surface area (Å²) in [6, 6.07) is 16.0. The van der Waals surface area contributed by atoms with Gasteiger partial charge in [0.25, 0.3) is 0 Å². The van der Waals surface area contributed by atoms with Crippen LogP contribution in [0.15, 0.2) is 42.5 Å². The first kappa shape index (κ1) is 13.8. The Hall–Kier alpha value is -1.60. The average Bonchev–Trinajstić information content (AvgIpc) is 2.37. The van der Waals surface area contributed by atoms with E-state index >= 15 is 0 Å². The summed E-state index contributed by atoms with van der Waals surface area (Å²) in [6.45, 7) is 9.59. The van der Waals surface area contributed by atoms with E-state index in [0.29, 0.717) is 6.04 Å². The van der Waals surface area contributed by atoms with Gasteiger partial charge >= 0.3 is 0 Å². The molecule has 0 aliphatic rings. The van der Waals surface area contributed by atoms with Gasteiger partial charge in [0.05, 0.1) is 0 Å². The standard InChI is InChI=1S/C18H23N/c1-13(2)19-12-16-6-8-17(9-7-16)18-10-5-14(3)11-15(18)4/h5-11,13,19H,12H2,1-4H3. The highest BCUT2D eigenvalue weighted by Crippen LogP contribution is 2.24. The van der Waals surface area contributed by atoms with Crippen molar-refractivity contribution in [1.29, 1.82) is 0 Å². The summed E-state index contributed by atoms with van der Waals surface area (Å²) < 4.78 is 0. The van der Waals surface area contributed by atoms with Crippen LogP contribution in [0, 0.1) is 13.8 Å². The highest BCUT2D eigenvalue weighted by Gasteiger charge is 2.02. The molecule has 1 heteroatoms. The molecule has 0 unspecified atom stereocenters. The normalized spacial score (nSPS) is 11.0. The van der Waals surface area contributed by atoms with E-state index in [1.807, 2.05) is 0 Å². The van der Waals surface area contributed by atoms with E-state index in [4.69, 9.17) is 0 Å². The second-order valence-corrected chi connectivity index (χ2v) is 5.55. The van der Waals surface area contributed by atoms with Gasteiger partial charge in [-0.2, -0.15) is 0 Å². The van der Waals surface area contributed by atoms with Crippen LogP contribution >= 0.6 is 0 Å².